The number of halogens is 2. The highest BCUT2D eigenvalue weighted by Gasteiger charge is 2.34. The number of hydrogen-bond acceptors (Lipinski definition) is 7. The van der Waals surface area contributed by atoms with Crippen molar-refractivity contribution in [2.75, 3.05) is 19.7 Å². The number of amides is 1. The van der Waals surface area contributed by atoms with E-state index in [-0.39, 0.29) is 0 Å². The summed E-state index contributed by atoms with van der Waals surface area (Å²) in [7, 11) is 0. The van der Waals surface area contributed by atoms with Gasteiger partial charge < -0.3 is 24.8 Å². The van der Waals surface area contributed by atoms with Crippen LogP contribution in [0.4, 0.5) is 0 Å². The molecule has 8 nitrogen and oxygen atoms in total. The number of carbonyl (C=O) groups is 3. The summed E-state index contributed by atoms with van der Waals surface area (Å²) in [6, 6.07) is 4.51. The van der Waals surface area contributed by atoms with Gasteiger partial charge in [0, 0.05) is 25.2 Å². The Morgan fingerprint density at radius 2 is 1.81 bits per heavy atom. The Labute approximate surface area is 164 Å². The minimum atomic E-state index is -1.68. The van der Waals surface area contributed by atoms with Crippen LogP contribution in [0.1, 0.15) is 11.7 Å². The number of nitrogens with one attached hydrogen (secondary N) is 2. The maximum absolute atomic E-state index is 12.5. The highest BCUT2D eigenvalue weighted by atomic mass is 35.5. The van der Waals surface area contributed by atoms with Crippen LogP contribution in [0, 0.1) is 0 Å². The summed E-state index contributed by atoms with van der Waals surface area (Å²) in [4.78, 5) is 35.4. The van der Waals surface area contributed by atoms with Crippen molar-refractivity contribution in [2.45, 2.75) is 18.4 Å². The lowest BCUT2D eigenvalue weighted by atomic mass is 10.0. The Morgan fingerprint density at radius 1 is 1.11 bits per heavy atom. The second kappa shape index (κ2) is 8.71. The first-order valence-electron chi connectivity index (χ1n) is 8.11. The number of cyclic esters (lactones) is 2. The van der Waals surface area contributed by atoms with Gasteiger partial charge in [-0.05, 0) is 17.7 Å². The lowest BCUT2D eigenvalue weighted by Gasteiger charge is -2.27. The fraction of sp³-hybridized carbons (Fsp3) is 0.353. The lowest BCUT2D eigenvalue weighted by Crippen LogP contribution is -2.50. The topological polar surface area (TPSA) is 103 Å². The number of rotatable bonds is 3. The molecule has 144 valence electrons. The maximum atomic E-state index is 12.5. The van der Waals surface area contributed by atoms with Gasteiger partial charge in [0.1, 0.15) is 6.10 Å². The number of hydrogen-bond donors (Lipinski definition) is 2. The van der Waals surface area contributed by atoms with Crippen molar-refractivity contribution in [3.05, 3.63) is 46.0 Å². The van der Waals surface area contributed by atoms with E-state index in [1.165, 1.54) is 0 Å². The molecule has 2 aliphatic rings. The number of esters is 2. The monoisotopic (exact) mass is 414 g/mol. The van der Waals surface area contributed by atoms with Crippen LogP contribution in [0.25, 0.3) is 0 Å². The van der Waals surface area contributed by atoms with E-state index in [0.717, 1.165) is 17.7 Å². The van der Waals surface area contributed by atoms with Gasteiger partial charge in [0.25, 0.3) is 0 Å². The molecule has 27 heavy (non-hydrogen) atoms. The van der Waals surface area contributed by atoms with E-state index >= 15 is 0 Å². The molecule has 1 aromatic carbocycles. The van der Waals surface area contributed by atoms with Crippen LogP contribution in [0.5, 0.6) is 0 Å². The van der Waals surface area contributed by atoms with Crippen molar-refractivity contribution >= 4 is 41.0 Å². The van der Waals surface area contributed by atoms with Crippen LogP contribution in [0.15, 0.2) is 30.4 Å². The first-order chi connectivity index (χ1) is 12.9. The second-order valence-electron chi connectivity index (χ2n) is 5.82. The summed E-state index contributed by atoms with van der Waals surface area (Å²) in [5.41, 5.74) is 0.718. The van der Waals surface area contributed by atoms with E-state index < -0.39 is 36.3 Å². The fourth-order valence-corrected chi connectivity index (χ4v) is 3.00. The van der Waals surface area contributed by atoms with Gasteiger partial charge in [-0.1, -0.05) is 29.3 Å². The Kier molecular flexibility index (Phi) is 6.33. The number of ether oxygens (including phenoxy) is 3. The maximum Gasteiger partial charge on any atom is 0.334 e. The molecule has 0 aliphatic carbocycles. The molecule has 0 aromatic heterocycles. The summed E-state index contributed by atoms with van der Waals surface area (Å²) in [6.45, 7) is 1.37. The average molecular weight is 415 g/mol. The molecule has 0 bridgehead atoms. The van der Waals surface area contributed by atoms with Gasteiger partial charge in [-0.15, -0.1) is 0 Å². The third-order valence-electron chi connectivity index (χ3n) is 3.92. The van der Waals surface area contributed by atoms with Crippen LogP contribution in [-0.2, 0) is 28.6 Å². The first kappa shape index (κ1) is 19.6. The van der Waals surface area contributed by atoms with E-state index in [1.807, 2.05) is 0 Å². The quantitative estimate of drug-likeness (QED) is 0.714. The minimum Gasteiger partial charge on any atom is -0.412 e. The second-order valence-corrected chi connectivity index (χ2v) is 6.64. The van der Waals surface area contributed by atoms with Gasteiger partial charge in [0.05, 0.1) is 22.7 Å². The van der Waals surface area contributed by atoms with Gasteiger partial charge in [-0.25, -0.2) is 9.59 Å². The van der Waals surface area contributed by atoms with E-state index in [2.05, 4.69) is 10.6 Å². The van der Waals surface area contributed by atoms with E-state index in [4.69, 9.17) is 37.4 Å². The van der Waals surface area contributed by atoms with Crippen LogP contribution in [0.3, 0.4) is 0 Å². The summed E-state index contributed by atoms with van der Waals surface area (Å²) in [6.07, 6.45) is -0.429. The average Bonchev–Trinajstić information content (AvgIpc) is 2.96. The van der Waals surface area contributed by atoms with E-state index in [9.17, 15) is 14.4 Å². The van der Waals surface area contributed by atoms with Crippen molar-refractivity contribution in [1.82, 2.24) is 10.6 Å². The molecule has 0 saturated carbocycles. The normalized spacial score (nSPS) is 23.8. The third-order valence-corrected chi connectivity index (χ3v) is 4.66. The lowest BCUT2D eigenvalue weighted by molar-refractivity contribution is -0.186. The molecule has 2 heterocycles. The van der Waals surface area contributed by atoms with Crippen molar-refractivity contribution in [2.24, 2.45) is 0 Å². The molecule has 2 aliphatic heterocycles. The highest BCUT2D eigenvalue weighted by Crippen LogP contribution is 2.29. The van der Waals surface area contributed by atoms with Crippen LogP contribution in [-0.4, -0.2) is 49.9 Å². The van der Waals surface area contributed by atoms with Crippen LogP contribution in [0.2, 0.25) is 10.0 Å². The predicted molar refractivity (Wildman–Crippen MR) is 95.1 cm³/mol. The molecule has 10 heteroatoms. The molecule has 0 spiro atoms. The van der Waals surface area contributed by atoms with E-state index in [1.54, 1.807) is 18.2 Å². The predicted octanol–water partition coefficient (Wildman–Crippen LogP) is 1.12. The zero-order valence-electron chi connectivity index (χ0n) is 13.9. The third kappa shape index (κ3) is 4.98. The molecule has 1 aromatic rings. The van der Waals surface area contributed by atoms with Crippen LogP contribution < -0.4 is 10.6 Å². The zero-order valence-corrected chi connectivity index (χ0v) is 15.5. The van der Waals surface area contributed by atoms with Gasteiger partial charge >= 0.3 is 24.1 Å². The molecule has 2 N–H and O–H groups in total. The summed E-state index contributed by atoms with van der Waals surface area (Å²) in [5.74, 6) is -2.47. The van der Waals surface area contributed by atoms with Crippen molar-refractivity contribution < 1.29 is 28.6 Å². The van der Waals surface area contributed by atoms with Crippen molar-refractivity contribution in [3.63, 3.8) is 0 Å². The Bertz CT molecular complexity index is 765. The standard InChI is InChI=1S/C17H16Cl2N2O6/c18-10-2-1-9(7-11(10)19)15-12(8-20-5-6-25-15)21-16(24)17-26-13(22)3-4-14(23)27-17/h1-4,7,12,15,17,20H,5-6,8H2,(H,21,24)/t12-,15+/m1/s1. The Hall–Kier alpha value is -2.13. The van der Waals surface area contributed by atoms with Gasteiger partial charge in [-0.3, -0.25) is 4.79 Å². The molecule has 1 fully saturated rings. The zero-order chi connectivity index (χ0) is 19.4. The summed E-state index contributed by atoms with van der Waals surface area (Å²) < 4.78 is 15.5. The molecule has 0 unspecified atom stereocenters. The van der Waals surface area contributed by atoms with Gasteiger partial charge in [0.15, 0.2) is 0 Å². The van der Waals surface area contributed by atoms with Crippen molar-refractivity contribution in [3.8, 4) is 0 Å². The van der Waals surface area contributed by atoms with Crippen LogP contribution >= 0.6 is 23.2 Å². The SMILES string of the molecule is O=C1C=CC(=O)OC(C(=O)N[C@@H]2CNCCO[C@H]2c2ccc(Cl)c(Cl)c2)O1. The minimum absolute atomic E-state index is 0.359. The summed E-state index contributed by atoms with van der Waals surface area (Å²) in [5, 5.41) is 6.59. The molecule has 1 amide bonds. The number of carbonyl (C=O) groups excluding carboxylic acids is 3. The Morgan fingerprint density at radius 3 is 2.48 bits per heavy atom. The van der Waals surface area contributed by atoms with Gasteiger partial charge in [-0.2, -0.15) is 0 Å². The molecule has 2 atom stereocenters. The Balaban J connectivity index is 1.77. The smallest absolute Gasteiger partial charge is 0.334 e. The number of benzene rings is 1. The molecule has 0 radical (unpaired) electrons. The van der Waals surface area contributed by atoms with Gasteiger partial charge in [0.2, 0.25) is 0 Å². The molecular weight excluding hydrogens is 399 g/mol. The molecule has 3 rings (SSSR count). The highest BCUT2D eigenvalue weighted by molar-refractivity contribution is 6.42. The first-order valence-corrected chi connectivity index (χ1v) is 8.86. The fourth-order valence-electron chi connectivity index (χ4n) is 2.69. The summed E-state index contributed by atoms with van der Waals surface area (Å²) >= 11 is 12.0. The van der Waals surface area contributed by atoms with Crippen molar-refractivity contribution in [1.29, 1.82) is 0 Å². The molecule has 1 saturated heterocycles. The molecular formula is C17H16Cl2N2O6. The van der Waals surface area contributed by atoms with E-state index in [0.29, 0.717) is 29.7 Å². The largest absolute Gasteiger partial charge is 0.412 e.